The fourth-order valence-electron chi connectivity index (χ4n) is 3.18. The van der Waals surface area contributed by atoms with Crippen LogP contribution in [0, 0.1) is 11.8 Å². The number of hydrogen-bond acceptors (Lipinski definition) is 2. The summed E-state index contributed by atoms with van der Waals surface area (Å²) in [6.07, 6.45) is 5.79. The monoisotopic (exact) mass is 260 g/mol. The van der Waals surface area contributed by atoms with Crippen LogP contribution in [0.15, 0.2) is 0 Å². The average Bonchev–Trinajstić information content (AvgIpc) is 2.18. The predicted octanol–water partition coefficient (Wildman–Crippen LogP) is 4.21. The smallest absolute Gasteiger partial charge is 0.000974 e. The van der Waals surface area contributed by atoms with E-state index in [1.165, 1.54) is 51.9 Å². The van der Waals surface area contributed by atoms with E-state index in [0.717, 1.165) is 11.8 Å². The van der Waals surface area contributed by atoms with Gasteiger partial charge in [-0.3, -0.25) is 0 Å². The number of piperidine rings is 2. The summed E-state index contributed by atoms with van der Waals surface area (Å²) in [5.74, 6) is 1.97. The lowest BCUT2D eigenvalue weighted by Crippen LogP contribution is -2.42. The molecule has 2 heterocycles. The summed E-state index contributed by atoms with van der Waals surface area (Å²) in [6, 6.07) is 0. The summed E-state index contributed by atoms with van der Waals surface area (Å²) in [5, 5.41) is 0. The third-order valence-corrected chi connectivity index (χ3v) is 3.99. The number of rotatable bonds is 1. The number of likely N-dealkylation sites (tertiary alicyclic amines) is 2. The highest BCUT2D eigenvalue weighted by Crippen LogP contribution is 2.29. The molecule has 114 valence electrons. The zero-order chi connectivity index (χ0) is 9.97. The van der Waals surface area contributed by atoms with Crippen molar-refractivity contribution in [2.75, 3.05) is 40.3 Å². The van der Waals surface area contributed by atoms with Crippen LogP contribution in [0.4, 0.5) is 0 Å². The van der Waals surface area contributed by atoms with Gasteiger partial charge in [-0.25, -0.2) is 0 Å². The summed E-state index contributed by atoms with van der Waals surface area (Å²) < 4.78 is 0. The summed E-state index contributed by atoms with van der Waals surface area (Å²) in [4.78, 5) is 5.03. The summed E-state index contributed by atoms with van der Waals surface area (Å²) in [6.45, 7) is 5.33. The van der Waals surface area contributed by atoms with Crippen molar-refractivity contribution in [2.45, 2.75) is 55.4 Å². The highest BCUT2D eigenvalue weighted by molar-refractivity contribution is 4.81. The zero-order valence-electron chi connectivity index (χ0n) is 9.71. The van der Waals surface area contributed by atoms with Crippen molar-refractivity contribution in [2.24, 2.45) is 11.8 Å². The van der Waals surface area contributed by atoms with Crippen LogP contribution in [0.3, 0.4) is 0 Å². The Labute approximate surface area is 118 Å². The van der Waals surface area contributed by atoms with Gasteiger partial charge in [0.1, 0.15) is 0 Å². The first-order chi connectivity index (χ1) is 6.75. The van der Waals surface area contributed by atoms with Crippen LogP contribution in [-0.2, 0) is 0 Å². The normalized spacial score (nSPS) is 29.0. The second kappa shape index (κ2) is 10.8. The molecule has 0 amide bonds. The van der Waals surface area contributed by atoms with Gasteiger partial charge >= 0.3 is 0 Å². The van der Waals surface area contributed by atoms with Crippen molar-refractivity contribution in [1.29, 1.82) is 0 Å². The zero-order valence-corrected chi connectivity index (χ0v) is 9.71. The highest BCUT2D eigenvalue weighted by Gasteiger charge is 2.28. The van der Waals surface area contributed by atoms with Crippen LogP contribution < -0.4 is 0 Å². The van der Waals surface area contributed by atoms with Gasteiger partial charge in [0, 0.05) is 13.1 Å². The molecule has 0 N–H and O–H groups in total. The molecule has 2 rings (SSSR count). The second-order valence-corrected chi connectivity index (χ2v) is 5.33. The Morgan fingerprint density at radius 2 is 1.00 bits per heavy atom. The molecule has 0 radical (unpaired) electrons. The van der Waals surface area contributed by atoms with Crippen molar-refractivity contribution in [1.82, 2.24) is 9.80 Å². The Bertz CT molecular complexity index is 162. The molecule has 2 aliphatic rings. The molecule has 2 aliphatic heterocycles. The molecule has 2 fully saturated rings. The van der Waals surface area contributed by atoms with Gasteiger partial charge in [-0.15, -0.1) is 0 Å². The van der Waals surface area contributed by atoms with Crippen molar-refractivity contribution < 1.29 is 0 Å². The standard InChI is InChI=1S/C12H24N2.4CH4/c1-13-7-3-5-11(9-13)12-6-4-8-14(2)10-12;;;;/h11-12H,3-10H2,1-2H3;4*1H4. The van der Waals surface area contributed by atoms with Crippen LogP contribution >= 0.6 is 0 Å². The summed E-state index contributed by atoms with van der Waals surface area (Å²) >= 11 is 0. The summed E-state index contributed by atoms with van der Waals surface area (Å²) in [5.41, 5.74) is 0. The topological polar surface area (TPSA) is 6.48 Å². The molecule has 0 aromatic carbocycles. The molecule has 2 heteroatoms. The van der Waals surface area contributed by atoms with Crippen LogP contribution in [0.25, 0.3) is 0 Å². The second-order valence-electron chi connectivity index (χ2n) is 5.33. The van der Waals surface area contributed by atoms with Gasteiger partial charge in [-0.1, -0.05) is 29.7 Å². The first-order valence-electron chi connectivity index (χ1n) is 6.13. The van der Waals surface area contributed by atoms with Gasteiger partial charge in [0.05, 0.1) is 0 Å². The fourth-order valence-corrected chi connectivity index (χ4v) is 3.18. The van der Waals surface area contributed by atoms with Gasteiger partial charge in [-0.05, 0) is 64.7 Å². The van der Waals surface area contributed by atoms with Crippen LogP contribution in [0.2, 0.25) is 0 Å². The highest BCUT2D eigenvalue weighted by atomic mass is 15.1. The van der Waals surface area contributed by atoms with E-state index >= 15 is 0 Å². The van der Waals surface area contributed by atoms with E-state index in [4.69, 9.17) is 0 Å². The molecule has 18 heavy (non-hydrogen) atoms. The lowest BCUT2D eigenvalue weighted by molar-refractivity contribution is 0.101. The SMILES string of the molecule is C.C.C.C.CN1CCCC(C2CCCN(C)C2)C1. The molecular weight excluding hydrogens is 220 g/mol. The Balaban J connectivity index is -0.000000562. The Morgan fingerprint density at radius 1 is 0.667 bits per heavy atom. The molecule has 0 aliphatic carbocycles. The minimum atomic E-state index is 0. The molecular formula is C16H40N2. The first kappa shape index (κ1) is 23.0. The van der Waals surface area contributed by atoms with Crippen molar-refractivity contribution in [3.63, 3.8) is 0 Å². The fraction of sp³-hybridized carbons (Fsp3) is 1.00. The van der Waals surface area contributed by atoms with Gasteiger partial charge in [0.15, 0.2) is 0 Å². The number of nitrogens with zero attached hydrogens (tertiary/aromatic N) is 2. The Kier molecular flexibility index (Phi) is 13.8. The Morgan fingerprint density at radius 3 is 1.28 bits per heavy atom. The first-order valence-corrected chi connectivity index (χ1v) is 6.13. The molecule has 0 bridgehead atoms. The molecule has 0 spiro atoms. The van der Waals surface area contributed by atoms with E-state index in [1.54, 1.807) is 0 Å². The van der Waals surface area contributed by atoms with Crippen molar-refractivity contribution >= 4 is 0 Å². The molecule has 0 aromatic rings. The quantitative estimate of drug-likeness (QED) is 0.697. The third kappa shape index (κ3) is 6.19. The Hall–Kier alpha value is -0.0800. The molecule has 2 nitrogen and oxygen atoms in total. The van der Waals surface area contributed by atoms with Gasteiger partial charge in [0.2, 0.25) is 0 Å². The van der Waals surface area contributed by atoms with E-state index in [2.05, 4.69) is 23.9 Å². The van der Waals surface area contributed by atoms with Crippen molar-refractivity contribution in [3.8, 4) is 0 Å². The van der Waals surface area contributed by atoms with Crippen LogP contribution in [-0.4, -0.2) is 50.1 Å². The largest absolute Gasteiger partial charge is 0.306 e. The van der Waals surface area contributed by atoms with E-state index in [-0.39, 0.29) is 29.7 Å². The summed E-state index contributed by atoms with van der Waals surface area (Å²) in [7, 11) is 4.55. The van der Waals surface area contributed by atoms with E-state index < -0.39 is 0 Å². The van der Waals surface area contributed by atoms with Crippen molar-refractivity contribution in [3.05, 3.63) is 0 Å². The lowest BCUT2D eigenvalue weighted by atomic mass is 9.81. The molecule has 2 unspecified atom stereocenters. The van der Waals surface area contributed by atoms with E-state index in [9.17, 15) is 0 Å². The predicted molar refractivity (Wildman–Crippen MR) is 87.4 cm³/mol. The lowest BCUT2D eigenvalue weighted by Gasteiger charge is -2.39. The maximum Gasteiger partial charge on any atom is 0.000974 e. The molecule has 2 saturated heterocycles. The van der Waals surface area contributed by atoms with Crippen LogP contribution in [0.5, 0.6) is 0 Å². The molecule has 0 saturated carbocycles. The van der Waals surface area contributed by atoms with Gasteiger partial charge in [-0.2, -0.15) is 0 Å². The maximum absolute atomic E-state index is 2.52. The van der Waals surface area contributed by atoms with Crippen LogP contribution in [0.1, 0.15) is 55.4 Å². The van der Waals surface area contributed by atoms with Gasteiger partial charge in [0.25, 0.3) is 0 Å². The molecule has 2 atom stereocenters. The average molecular weight is 261 g/mol. The third-order valence-electron chi connectivity index (χ3n) is 3.99. The maximum atomic E-state index is 2.52. The van der Waals surface area contributed by atoms with Gasteiger partial charge < -0.3 is 9.80 Å². The van der Waals surface area contributed by atoms with E-state index in [1.807, 2.05) is 0 Å². The molecule has 0 aromatic heterocycles. The van der Waals surface area contributed by atoms with E-state index in [0.29, 0.717) is 0 Å². The number of hydrogen-bond donors (Lipinski definition) is 0. The minimum Gasteiger partial charge on any atom is -0.306 e. The minimum absolute atomic E-state index is 0.